The Morgan fingerprint density at radius 2 is 1.24 bits per heavy atom. The Bertz CT molecular complexity index is 1070. The average Bonchev–Trinajstić information content (AvgIpc) is 2.69. The topological polar surface area (TPSA) is 43.4 Å². The number of rotatable bonds is 6. The molecule has 0 fully saturated rings. The molecule has 3 nitrogen and oxygen atoms in total. The quantitative estimate of drug-likeness (QED) is 0.288. The van der Waals surface area contributed by atoms with Gasteiger partial charge in [-0.1, -0.05) is 63.2 Å². The largest absolute Gasteiger partial charge is 0.429 e. The molecular weight excluding hydrogens is 498 g/mol. The highest BCUT2D eigenvalue weighted by atomic mass is 32.2. The zero-order valence-electron chi connectivity index (χ0n) is 19.7. The molecule has 2 aromatic carbocycles. The van der Waals surface area contributed by atoms with Gasteiger partial charge in [0.1, 0.15) is 0 Å². The Balaban J connectivity index is 2.64. The van der Waals surface area contributed by atoms with Crippen LogP contribution < -0.4 is 0 Å². The molecule has 0 amide bonds. The minimum absolute atomic E-state index is 0.00670. The summed E-state index contributed by atoms with van der Waals surface area (Å²) < 4.78 is 116. The third kappa shape index (κ3) is 5.06. The number of sulfone groups is 1. The lowest BCUT2D eigenvalue weighted by Gasteiger charge is -2.46. The van der Waals surface area contributed by atoms with Crippen LogP contribution in [0.5, 0.6) is 0 Å². The molecule has 0 spiro atoms. The zero-order chi connectivity index (χ0) is 26.4. The Hall–Kier alpha value is -1.85. The van der Waals surface area contributed by atoms with Crippen molar-refractivity contribution in [2.75, 3.05) is 0 Å². The first-order valence-electron chi connectivity index (χ1n) is 10.4. The molecule has 2 rings (SSSR count). The lowest BCUT2D eigenvalue weighted by atomic mass is 9.91. The number of halogens is 6. The van der Waals surface area contributed by atoms with Crippen molar-refractivity contribution in [2.45, 2.75) is 73.9 Å². The monoisotopic (exact) mass is 526 g/mol. The van der Waals surface area contributed by atoms with Crippen LogP contribution in [0.2, 0.25) is 18.1 Å². The van der Waals surface area contributed by atoms with Gasteiger partial charge in [0.25, 0.3) is 5.60 Å². The molecule has 1 atom stereocenters. The van der Waals surface area contributed by atoms with Crippen LogP contribution in [0.3, 0.4) is 0 Å². The molecule has 0 aromatic heterocycles. The second kappa shape index (κ2) is 8.98. The van der Waals surface area contributed by atoms with Gasteiger partial charge in [0.05, 0.1) is 10.1 Å². The fourth-order valence-electron chi connectivity index (χ4n) is 3.18. The predicted molar refractivity (Wildman–Crippen MR) is 121 cm³/mol. The van der Waals surface area contributed by atoms with Crippen molar-refractivity contribution < 1.29 is 39.2 Å². The summed E-state index contributed by atoms with van der Waals surface area (Å²) in [5.74, 6) is 0. The highest BCUT2D eigenvalue weighted by Gasteiger charge is 2.74. The van der Waals surface area contributed by atoms with E-state index >= 15 is 0 Å². The minimum Gasteiger partial charge on any atom is -0.393 e. The Labute approximate surface area is 197 Å². The summed E-state index contributed by atoms with van der Waals surface area (Å²) in [7, 11) is -7.50. The zero-order valence-corrected chi connectivity index (χ0v) is 21.5. The molecule has 11 heteroatoms. The summed E-state index contributed by atoms with van der Waals surface area (Å²) in [5.41, 5.74) is -5.65. The van der Waals surface area contributed by atoms with Crippen LogP contribution in [0.1, 0.15) is 44.1 Å². The standard InChI is InChI=1S/C23H28F6O3SSi/c1-16(33(30,31)19-10-8-7-9-11-19)17-12-14-18(15-13-17)21(22(24,25)26,23(27,28)29)32-34(5,6)20(2,3)4/h7-16H,1-6H3. The first-order chi connectivity index (χ1) is 15.2. The van der Waals surface area contributed by atoms with Crippen molar-refractivity contribution in [3.8, 4) is 0 Å². The van der Waals surface area contributed by atoms with Crippen molar-refractivity contribution in [1.29, 1.82) is 0 Å². The van der Waals surface area contributed by atoms with Crippen molar-refractivity contribution >= 4 is 18.2 Å². The third-order valence-corrected chi connectivity index (χ3v) is 12.9. The molecule has 0 aliphatic rings. The Morgan fingerprint density at radius 1 is 0.794 bits per heavy atom. The van der Waals surface area contributed by atoms with E-state index in [1.807, 2.05) is 0 Å². The van der Waals surface area contributed by atoms with Crippen LogP contribution >= 0.6 is 0 Å². The molecule has 0 saturated heterocycles. The SMILES string of the molecule is CC(c1ccc(C(O[Si](C)(C)C(C)(C)C)(C(F)(F)F)C(F)(F)F)cc1)S(=O)(=O)c1ccccc1. The van der Waals surface area contributed by atoms with Crippen LogP contribution in [-0.4, -0.2) is 29.1 Å². The highest BCUT2D eigenvalue weighted by molar-refractivity contribution is 7.91. The number of hydrogen-bond donors (Lipinski definition) is 0. The third-order valence-electron chi connectivity index (χ3n) is 6.34. The maximum Gasteiger partial charge on any atom is 0.429 e. The van der Waals surface area contributed by atoms with E-state index in [0.717, 1.165) is 12.1 Å². The van der Waals surface area contributed by atoms with Gasteiger partial charge in [-0.05, 0) is 42.8 Å². The Kier molecular flexibility index (Phi) is 7.50. The van der Waals surface area contributed by atoms with Crippen molar-refractivity contribution in [2.24, 2.45) is 0 Å². The van der Waals surface area contributed by atoms with E-state index < -0.39 is 52.0 Å². The molecule has 0 N–H and O–H groups in total. The van der Waals surface area contributed by atoms with Gasteiger partial charge in [-0.15, -0.1) is 0 Å². The van der Waals surface area contributed by atoms with Gasteiger partial charge in [0.2, 0.25) is 0 Å². The van der Waals surface area contributed by atoms with Crippen molar-refractivity contribution in [3.05, 3.63) is 65.7 Å². The number of alkyl halides is 6. The average molecular weight is 527 g/mol. The Morgan fingerprint density at radius 3 is 1.62 bits per heavy atom. The van der Waals surface area contributed by atoms with E-state index in [9.17, 15) is 34.8 Å². The van der Waals surface area contributed by atoms with Crippen LogP contribution in [0.4, 0.5) is 26.3 Å². The number of benzene rings is 2. The summed E-state index contributed by atoms with van der Waals surface area (Å²) in [4.78, 5) is -0.00670. The molecule has 1 unspecified atom stereocenters. The van der Waals surface area contributed by atoms with Crippen molar-refractivity contribution in [1.82, 2.24) is 0 Å². The summed E-state index contributed by atoms with van der Waals surface area (Å²) in [6, 6.07) is 10.6. The normalized spacial score (nSPS) is 15.3. The first kappa shape index (κ1) is 28.4. The van der Waals surface area contributed by atoms with E-state index in [4.69, 9.17) is 4.43 Å². The van der Waals surface area contributed by atoms with Gasteiger partial charge in [0.15, 0.2) is 18.2 Å². The maximum atomic E-state index is 14.2. The molecule has 0 aliphatic carbocycles. The van der Waals surface area contributed by atoms with Crippen LogP contribution in [0.25, 0.3) is 0 Å². The van der Waals surface area contributed by atoms with Gasteiger partial charge in [-0.3, -0.25) is 0 Å². The molecule has 0 heterocycles. The summed E-state index contributed by atoms with van der Waals surface area (Å²) >= 11 is 0. The summed E-state index contributed by atoms with van der Waals surface area (Å²) in [6.07, 6.45) is -11.6. The molecule has 190 valence electrons. The van der Waals surface area contributed by atoms with E-state index in [2.05, 4.69) is 0 Å². The van der Waals surface area contributed by atoms with Crippen LogP contribution in [0.15, 0.2) is 59.5 Å². The smallest absolute Gasteiger partial charge is 0.393 e. The van der Waals surface area contributed by atoms with Gasteiger partial charge in [-0.2, -0.15) is 26.3 Å². The predicted octanol–water partition coefficient (Wildman–Crippen LogP) is 7.56. The van der Waals surface area contributed by atoms with E-state index in [1.54, 1.807) is 6.07 Å². The van der Waals surface area contributed by atoms with Gasteiger partial charge in [0, 0.05) is 5.56 Å². The summed E-state index contributed by atoms with van der Waals surface area (Å²) in [5, 5.41) is -2.14. The van der Waals surface area contributed by atoms with E-state index in [0.29, 0.717) is 12.1 Å². The fraction of sp³-hybridized carbons (Fsp3) is 0.478. The van der Waals surface area contributed by atoms with E-state index in [1.165, 1.54) is 65.1 Å². The maximum absolute atomic E-state index is 14.2. The molecule has 2 aromatic rings. The molecule has 0 radical (unpaired) electrons. The molecule has 0 saturated carbocycles. The van der Waals surface area contributed by atoms with Gasteiger partial charge in [-0.25, -0.2) is 8.42 Å². The van der Waals surface area contributed by atoms with Crippen LogP contribution in [0, 0.1) is 0 Å². The van der Waals surface area contributed by atoms with Crippen molar-refractivity contribution in [3.63, 3.8) is 0 Å². The lowest BCUT2D eigenvalue weighted by molar-refractivity contribution is -0.369. The number of hydrogen-bond acceptors (Lipinski definition) is 3. The lowest BCUT2D eigenvalue weighted by Crippen LogP contribution is -2.62. The van der Waals surface area contributed by atoms with E-state index in [-0.39, 0.29) is 10.5 Å². The molecule has 34 heavy (non-hydrogen) atoms. The molecular formula is C23H28F6O3SSi. The highest BCUT2D eigenvalue weighted by Crippen LogP contribution is 2.56. The minimum atomic E-state index is -5.82. The fourth-order valence-corrected chi connectivity index (χ4v) is 6.06. The first-order valence-corrected chi connectivity index (χ1v) is 14.9. The van der Waals surface area contributed by atoms with Gasteiger partial charge >= 0.3 is 12.4 Å². The second-order valence-electron chi connectivity index (χ2n) is 9.66. The second-order valence-corrected chi connectivity index (χ2v) is 16.7. The van der Waals surface area contributed by atoms with Crippen LogP contribution in [-0.2, 0) is 19.9 Å². The molecule has 0 bridgehead atoms. The van der Waals surface area contributed by atoms with Gasteiger partial charge < -0.3 is 4.43 Å². The summed E-state index contributed by atoms with van der Waals surface area (Å²) in [6.45, 7) is 8.55. The molecule has 0 aliphatic heterocycles.